The summed E-state index contributed by atoms with van der Waals surface area (Å²) >= 11 is 0. The molecule has 0 aromatic carbocycles. The molecule has 1 N–H and O–H groups in total. The first kappa shape index (κ1) is 4.65. The Morgan fingerprint density at radius 3 is 2.43 bits per heavy atom. The minimum atomic E-state index is 0.486. The smallest absolute Gasteiger partial charge is 0.0993 e. The van der Waals surface area contributed by atoms with Crippen molar-refractivity contribution in [3.05, 3.63) is 12.3 Å². The van der Waals surface area contributed by atoms with E-state index in [1.807, 2.05) is 20.3 Å². The lowest BCUT2D eigenvalue weighted by molar-refractivity contribution is 0.299. The zero-order valence-electron chi connectivity index (χ0n) is 4.68. The van der Waals surface area contributed by atoms with Crippen molar-refractivity contribution in [2.24, 2.45) is 0 Å². The Kier molecular flexibility index (Phi) is 1.02. The summed E-state index contributed by atoms with van der Waals surface area (Å²) < 4.78 is 0. The van der Waals surface area contributed by atoms with E-state index in [2.05, 4.69) is 16.3 Å². The topological polar surface area (TPSA) is 15.3 Å². The zero-order valence-corrected chi connectivity index (χ0v) is 4.68. The molecule has 0 radical (unpaired) electrons. The van der Waals surface area contributed by atoms with E-state index in [0.717, 1.165) is 0 Å². The second-order valence-corrected chi connectivity index (χ2v) is 1.74. The van der Waals surface area contributed by atoms with E-state index in [1.165, 1.54) is 0 Å². The normalized spacial score (nSPS) is 27.7. The maximum atomic E-state index is 3.09. The van der Waals surface area contributed by atoms with Gasteiger partial charge in [-0.25, -0.2) is 0 Å². The molecule has 0 aromatic rings. The van der Waals surface area contributed by atoms with Crippen LogP contribution in [0.4, 0.5) is 0 Å². The summed E-state index contributed by atoms with van der Waals surface area (Å²) in [4.78, 5) is 2.11. The van der Waals surface area contributed by atoms with Gasteiger partial charge in [-0.05, 0) is 19.3 Å². The summed E-state index contributed by atoms with van der Waals surface area (Å²) in [5.41, 5.74) is 0. The van der Waals surface area contributed by atoms with E-state index in [0.29, 0.717) is 6.17 Å². The molecule has 1 atom stereocenters. The molecule has 1 heterocycles. The van der Waals surface area contributed by atoms with E-state index in [4.69, 9.17) is 0 Å². The lowest BCUT2D eigenvalue weighted by atomic mass is 10.3. The lowest BCUT2D eigenvalue weighted by Gasteiger charge is -2.30. The van der Waals surface area contributed by atoms with Gasteiger partial charge >= 0.3 is 0 Å². The van der Waals surface area contributed by atoms with Gasteiger partial charge in [0, 0.05) is 7.05 Å². The van der Waals surface area contributed by atoms with Gasteiger partial charge in [-0.1, -0.05) is 0 Å². The van der Waals surface area contributed by atoms with Gasteiger partial charge in [0.25, 0.3) is 0 Å². The number of nitrogens with zero attached hydrogens (tertiary/aromatic N) is 1. The summed E-state index contributed by atoms with van der Waals surface area (Å²) in [5.74, 6) is 0. The van der Waals surface area contributed by atoms with Gasteiger partial charge in [-0.15, -0.1) is 0 Å². The second kappa shape index (κ2) is 1.54. The van der Waals surface area contributed by atoms with Crippen LogP contribution in [0.1, 0.15) is 0 Å². The maximum Gasteiger partial charge on any atom is 0.0993 e. The molecule has 1 rings (SSSR count). The molecule has 1 unspecified atom stereocenters. The Balaban J connectivity index is 2.33. The molecule has 0 aromatic heterocycles. The predicted octanol–water partition coefficient (Wildman–Crippen LogP) is -0.00900. The summed E-state index contributed by atoms with van der Waals surface area (Å²) in [6, 6.07) is 0. The van der Waals surface area contributed by atoms with Crippen LogP contribution in [-0.4, -0.2) is 25.2 Å². The van der Waals surface area contributed by atoms with Gasteiger partial charge in [0.1, 0.15) is 0 Å². The third-order valence-corrected chi connectivity index (χ3v) is 1.24. The number of nitrogens with one attached hydrogen (secondary N) is 1. The summed E-state index contributed by atoms with van der Waals surface area (Å²) in [5, 5.41) is 3.09. The predicted molar refractivity (Wildman–Crippen MR) is 29.8 cm³/mol. The molecule has 1 aliphatic rings. The quantitative estimate of drug-likeness (QED) is 0.496. The molecule has 0 amide bonds. The lowest BCUT2D eigenvalue weighted by Crippen LogP contribution is -2.42. The standard InChI is InChI=1S/C5H10N2/c1-6-5-3-4-7(5)2/h3-6H,1-2H3. The first-order valence-corrected chi connectivity index (χ1v) is 2.42. The number of hydrogen-bond donors (Lipinski definition) is 1. The third-order valence-electron chi connectivity index (χ3n) is 1.24. The SMILES string of the molecule is CNC1C=CN1C. The van der Waals surface area contributed by atoms with Crippen molar-refractivity contribution in [3.8, 4) is 0 Å². The highest BCUT2D eigenvalue weighted by Gasteiger charge is 2.10. The molecule has 40 valence electrons. The van der Waals surface area contributed by atoms with Gasteiger partial charge in [-0.2, -0.15) is 0 Å². The van der Waals surface area contributed by atoms with Crippen molar-refractivity contribution < 1.29 is 0 Å². The monoisotopic (exact) mass is 98.1 g/mol. The van der Waals surface area contributed by atoms with Crippen LogP contribution in [0.25, 0.3) is 0 Å². The van der Waals surface area contributed by atoms with Crippen molar-refractivity contribution in [1.82, 2.24) is 10.2 Å². The molecular formula is C5H10N2. The molecule has 2 nitrogen and oxygen atoms in total. The molecule has 2 heteroatoms. The highest BCUT2D eigenvalue weighted by molar-refractivity contribution is 5.03. The largest absolute Gasteiger partial charge is 0.362 e. The van der Waals surface area contributed by atoms with Crippen LogP contribution in [-0.2, 0) is 0 Å². The fourth-order valence-corrected chi connectivity index (χ4v) is 0.644. The van der Waals surface area contributed by atoms with Gasteiger partial charge < -0.3 is 4.90 Å². The molecule has 0 fully saturated rings. The third kappa shape index (κ3) is 0.611. The fraction of sp³-hybridized carbons (Fsp3) is 0.600. The van der Waals surface area contributed by atoms with Crippen molar-refractivity contribution >= 4 is 0 Å². The van der Waals surface area contributed by atoms with Crippen molar-refractivity contribution in [1.29, 1.82) is 0 Å². The first-order chi connectivity index (χ1) is 3.34. The highest BCUT2D eigenvalue weighted by Crippen LogP contribution is 2.04. The van der Waals surface area contributed by atoms with E-state index < -0.39 is 0 Å². The van der Waals surface area contributed by atoms with Crippen molar-refractivity contribution in [2.45, 2.75) is 6.17 Å². The summed E-state index contributed by atoms with van der Waals surface area (Å²) in [7, 11) is 3.99. The van der Waals surface area contributed by atoms with Crippen LogP contribution in [0.3, 0.4) is 0 Å². The van der Waals surface area contributed by atoms with Crippen LogP contribution in [0, 0.1) is 0 Å². The van der Waals surface area contributed by atoms with Gasteiger partial charge in [0.15, 0.2) is 0 Å². The van der Waals surface area contributed by atoms with E-state index >= 15 is 0 Å². The van der Waals surface area contributed by atoms with Crippen LogP contribution in [0.15, 0.2) is 12.3 Å². The van der Waals surface area contributed by atoms with Crippen LogP contribution in [0.2, 0.25) is 0 Å². The molecule has 1 aliphatic heterocycles. The molecule has 0 bridgehead atoms. The van der Waals surface area contributed by atoms with Crippen LogP contribution >= 0.6 is 0 Å². The second-order valence-electron chi connectivity index (χ2n) is 1.74. The Morgan fingerprint density at radius 2 is 2.43 bits per heavy atom. The molecule has 0 aliphatic carbocycles. The molecule has 0 spiro atoms. The Morgan fingerprint density at radius 1 is 1.71 bits per heavy atom. The molecule has 0 saturated carbocycles. The minimum Gasteiger partial charge on any atom is -0.362 e. The van der Waals surface area contributed by atoms with Crippen molar-refractivity contribution in [2.75, 3.05) is 14.1 Å². The average Bonchev–Trinajstić information content (AvgIpc) is 1.65. The molecule has 0 saturated heterocycles. The summed E-state index contributed by atoms with van der Waals surface area (Å²) in [6.07, 6.45) is 4.64. The van der Waals surface area contributed by atoms with E-state index in [-0.39, 0.29) is 0 Å². The molecule has 7 heavy (non-hydrogen) atoms. The fourth-order valence-electron chi connectivity index (χ4n) is 0.644. The van der Waals surface area contributed by atoms with Crippen LogP contribution in [0.5, 0.6) is 0 Å². The van der Waals surface area contributed by atoms with Gasteiger partial charge in [-0.3, -0.25) is 5.32 Å². The number of rotatable bonds is 1. The van der Waals surface area contributed by atoms with Crippen molar-refractivity contribution in [3.63, 3.8) is 0 Å². The first-order valence-electron chi connectivity index (χ1n) is 2.42. The van der Waals surface area contributed by atoms with Gasteiger partial charge in [0.2, 0.25) is 0 Å². The van der Waals surface area contributed by atoms with E-state index in [9.17, 15) is 0 Å². The highest BCUT2D eigenvalue weighted by atomic mass is 15.3. The number of likely N-dealkylation sites (N-methyl/N-ethyl adjacent to an activating group) is 2. The summed E-state index contributed by atoms with van der Waals surface area (Å²) in [6.45, 7) is 0. The molecular weight excluding hydrogens is 88.1 g/mol. The van der Waals surface area contributed by atoms with E-state index in [1.54, 1.807) is 0 Å². The van der Waals surface area contributed by atoms with Crippen LogP contribution < -0.4 is 5.32 Å². The zero-order chi connectivity index (χ0) is 5.28. The van der Waals surface area contributed by atoms with Gasteiger partial charge in [0.05, 0.1) is 6.17 Å². The Labute approximate surface area is 43.8 Å². The average molecular weight is 98.1 g/mol. The Bertz CT molecular complexity index is 88.1. The minimum absolute atomic E-state index is 0.486. The Hall–Kier alpha value is -0.500. The number of hydrogen-bond acceptors (Lipinski definition) is 2. The maximum absolute atomic E-state index is 3.09.